The fraction of sp³-hybridized carbons (Fsp3) is 0.529. The number of carbonyl (C=O) groups excluding carboxylic acids is 1. The van der Waals surface area contributed by atoms with Crippen LogP contribution in [0, 0.1) is 5.41 Å². The van der Waals surface area contributed by atoms with Crippen LogP contribution in [0.3, 0.4) is 0 Å². The molecule has 1 atom stereocenters. The van der Waals surface area contributed by atoms with Crippen molar-refractivity contribution in [3.8, 4) is 0 Å². The van der Waals surface area contributed by atoms with Crippen molar-refractivity contribution < 1.29 is 39.9 Å². The standard InChI is InChI=1S/C11H12O5.C6H14O3/c1-7(12)6-16-11(15)9-4-2-8(3-5-9)10(13)14;1-2-6(3-7,4-8)5-9/h2-5,7,12H,6H2,1H3,(H,13,14);7-9H,2-5H2,1H3. The Labute approximate surface area is 146 Å². The van der Waals surface area contributed by atoms with Gasteiger partial charge in [0.1, 0.15) is 6.61 Å². The Morgan fingerprint density at radius 1 is 1.04 bits per heavy atom. The van der Waals surface area contributed by atoms with Gasteiger partial charge in [0.25, 0.3) is 0 Å². The van der Waals surface area contributed by atoms with Crippen molar-refractivity contribution in [2.45, 2.75) is 26.4 Å². The highest BCUT2D eigenvalue weighted by Crippen LogP contribution is 2.18. The zero-order valence-electron chi connectivity index (χ0n) is 14.4. The van der Waals surface area contributed by atoms with Crippen molar-refractivity contribution in [1.29, 1.82) is 0 Å². The van der Waals surface area contributed by atoms with Gasteiger partial charge < -0.3 is 30.3 Å². The quantitative estimate of drug-likeness (QED) is 0.417. The molecule has 0 saturated heterocycles. The van der Waals surface area contributed by atoms with Gasteiger partial charge in [0, 0.05) is 5.41 Å². The van der Waals surface area contributed by atoms with E-state index in [9.17, 15) is 9.59 Å². The molecule has 0 saturated carbocycles. The second kappa shape index (κ2) is 11.5. The molecule has 0 fully saturated rings. The van der Waals surface area contributed by atoms with Gasteiger partial charge in [-0.05, 0) is 37.6 Å². The first-order valence-corrected chi connectivity index (χ1v) is 7.76. The van der Waals surface area contributed by atoms with Crippen LogP contribution in [0.1, 0.15) is 41.0 Å². The number of aliphatic hydroxyl groups excluding tert-OH is 4. The molecule has 1 rings (SSSR count). The van der Waals surface area contributed by atoms with E-state index in [-0.39, 0.29) is 37.6 Å². The molecular weight excluding hydrogens is 332 g/mol. The lowest BCUT2D eigenvalue weighted by atomic mass is 9.88. The van der Waals surface area contributed by atoms with Crippen molar-refractivity contribution in [2.75, 3.05) is 26.4 Å². The van der Waals surface area contributed by atoms with E-state index in [4.69, 9.17) is 30.3 Å². The highest BCUT2D eigenvalue weighted by molar-refractivity contribution is 5.92. The summed E-state index contributed by atoms with van der Waals surface area (Å²) in [5, 5.41) is 43.5. The molecule has 8 heteroatoms. The van der Waals surface area contributed by atoms with Crippen LogP contribution in [0.25, 0.3) is 0 Å². The van der Waals surface area contributed by atoms with E-state index in [2.05, 4.69) is 0 Å². The fourth-order valence-electron chi connectivity index (χ4n) is 1.51. The number of carbonyl (C=O) groups is 2. The van der Waals surface area contributed by atoms with Crippen LogP contribution >= 0.6 is 0 Å². The second-order valence-electron chi connectivity index (χ2n) is 5.66. The number of ether oxygens (including phenoxy) is 1. The van der Waals surface area contributed by atoms with Crippen LogP contribution in [0.2, 0.25) is 0 Å². The Bertz CT molecular complexity index is 502. The van der Waals surface area contributed by atoms with E-state index in [1.807, 2.05) is 6.92 Å². The number of carboxylic acid groups (broad SMARTS) is 1. The van der Waals surface area contributed by atoms with Gasteiger partial charge in [-0.1, -0.05) is 6.92 Å². The van der Waals surface area contributed by atoms with Crippen LogP contribution in [-0.2, 0) is 4.74 Å². The second-order valence-corrected chi connectivity index (χ2v) is 5.66. The molecule has 1 aromatic rings. The first-order chi connectivity index (χ1) is 11.7. The van der Waals surface area contributed by atoms with Crippen molar-refractivity contribution in [3.05, 3.63) is 35.4 Å². The van der Waals surface area contributed by atoms with E-state index >= 15 is 0 Å². The number of aliphatic hydroxyl groups is 4. The number of hydrogen-bond acceptors (Lipinski definition) is 7. The number of esters is 1. The predicted octanol–water partition coefficient (Wildman–Crippen LogP) is 0.282. The van der Waals surface area contributed by atoms with Crippen LogP contribution in [0.4, 0.5) is 0 Å². The Kier molecular flexibility index (Phi) is 10.6. The highest BCUT2D eigenvalue weighted by atomic mass is 16.5. The van der Waals surface area contributed by atoms with Crippen LogP contribution in [0.5, 0.6) is 0 Å². The average Bonchev–Trinajstić information content (AvgIpc) is 2.62. The molecule has 1 unspecified atom stereocenters. The first kappa shape index (κ1) is 23.0. The number of benzene rings is 1. The minimum Gasteiger partial charge on any atom is -0.478 e. The fourth-order valence-corrected chi connectivity index (χ4v) is 1.51. The molecule has 8 nitrogen and oxygen atoms in total. The number of rotatable bonds is 8. The van der Waals surface area contributed by atoms with Crippen LogP contribution in [0.15, 0.2) is 24.3 Å². The number of hydrogen-bond donors (Lipinski definition) is 5. The Morgan fingerprint density at radius 3 is 1.76 bits per heavy atom. The molecular formula is C17H26O8. The monoisotopic (exact) mass is 358 g/mol. The minimum atomic E-state index is -1.05. The SMILES string of the molecule is CC(O)COC(=O)c1ccc(C(=O)O)cc1.CCC(CO)(CO)CO. The van der Waals surface area contributed by atoms with Crippen molar-refractivity contribution in [2.24, 2.45) is 5.41 Å². The van der Waals surface area contributed by atoms with Gasteiger partial charge in [-0.15, -0.1) is 0 Å². The van der Waals surface area contributed by atoms with Crippen molar-refractivity contribution >= 4 is 11.9 Å². The topological polar surface area (TPSA) is 145 Å². The lowest BCUT2D eigenvalue weighted by molar-refractivity contribution is 0.00303. The van der Waals surface area contributed by atoms with E-state index in [1.54, 1.807) is 0 Å². The maximum absolute atomic E-state index is 11.3. The smallest absolute Gasteiger partial charge is 0.338 e. The summed E-state index contributed by atoms with van der Waals surface area (Å²) in [5.41, 5.74) is -0.308. The molecule has 142 valence electrons. The molecule has 0 heterocycles. The lowest BCUT2D eigenvalue weighted by Crippen LogP contribution is -2.32. The summed E-state index contributed by atoms with van der Waals surface area (Å²) in [5.74, 6) is -1.64. The summed E-state index contributed by atoms with van der Waals surface area (Å²) in [7, 11) is 0. The van der Waals surface area contributed by atoms with Gasteiger partial charge in [0.2, 0.25) is 0 Å². The average molecular weight is 358 g/mol. The van der Waals surface area contributed by atoms with Crippen molar-refractivity contribution in [3.63, 3.8) is 0 Å². The molecule has 0 aliphatic heterocycles. The summed E-state index contributed by atoms with van der Waals surface area (Å²) in [6.45, 7) is 2.77. The molecule has 1 aromatic carbocycles. The Balaban J connectivity index is 0.000000547. The van der Waals surface area contributed by atoms with Crippen LogP contribution in [-0.4, -0.2) is 70.0 Å². The van der Waals surface area contributed by atoms with E-state index in [0.717, 1.165) is 0 Å². The minimum absolute atomic E-state index is 0.0838. The third kappa shape index (κ3) is 8.08. The van der Waals surface area contributed by atoms with Gasteiger partial charge in [-0.2, -0.15) is 0 Å². The van der Waals surface area contributed by atoms with Gasteiger partial charge in [0.05, 0.1) is 37.1 Å². The lowest BCUT2D eigenvalue weighted by Gasteiger charge is -2.24. The molecule has 0 aliphatic carbocycles. The molecule has 0 radical (unpaired) electrons. The maximum Gasteiger partial charge on any atom is 0.338 e. The number of carboxylic acids is 1. The number of aromatic carboxylic acids is 1. The molecule has 0 aliphatic rings. The third-order valence-electron chi connectivity index (χ3n) is 3.58. The molecule has 0 amide bonds. The molecule has 0 aromatic heterocycles. The van der Waals surface area contributed by atoms with E-state index in [1.165, 1.54) is 31.2 Å². The van der Waals surface area contributed by atoms with Crippen LogP contribution < -0.4 is 0 Å². The summed E-state index contributed by atoms with van der Waals surface area (Å²) in [6.07, 6.45) is -0.126. The summed E-state index contributed by atoms with van der Waals surface area (Å²) in [6, 6.07) is 5.38. The molecule has 0 bridgehead atoms. The molecule has 25 heavy (non-hydrogen) atoms. The Morgan fingerprint density at radius 2 is 1.48 bits per heavy atom. The predicted molar refractivity (Wildman–Crippen MR) is 89.3 cm³/mol. The van der Waals surface area contributed by atoms with Gasteiger partial charge in [-0.25, -0.2) is 9.59 Å². The summed E-state index contributed by atoms with van der Waals surface area (Å²) < 4.78 is 4.75. The largest absolute Gasteiger partial charge is 0.478 e. The Hall–Kier alpha value is -2.00. The summed E-state index contributed by atoms with van der Waals surface area (Å²) >= 11 is 0. The van der Waals surface area contributed by atoms with Gasteiger partial charge in [0.15, 0.2) is 0 Å². The van der Waals surface area contributed by atoms with E-state index < -0.39 is 23.5 Å². The maximum atomic E-state index is 11.3. The summed E-state index contributed by atoms with van der Waals surface area (Å²) in [4.78, 5) is 21.9. The zero-order chi connectivity index (χ0) is 19.5. The molecule has 5 N–H and O–H groups in total. The highest BCUT2D eigenvalue weighted by Gasteiger charge is 2.24. The van der Waals surface area contributed by atoms with Crippen molar-refractivity contribution in [1.82, 2.24) is 0 Å². The van der Waals surface area contributed by atoms with Gasteiger partial charge >= 0.3 is 11.9 Å². The zero-order valence-corrected chi connectivity index (χ0v) is 14.4. The first-order valence-electron chi connectivity index (χ1n) is 7.76. The third-order valence-corrected chi connectivity index (χ3v) is 3.58. The van der Waals surface area contributed by atoms with Gasteiger partial charge in [-0.3, -0.25) is 0 Å². The van der Waals surface area contributed by atoms with E-state index in [0.29, 0.717) is 6.42 Å². The normalized spacial score (nSPS) is 11.9. The molecule has 0 spiro atoms.